The molecular weight excluding hydrogens is 218 g/mol. The van der Waals surface area contributed by atoms with Gasteiger partial charge in [-0.15, -0.1) is 0 Å². The summed E-state index contributed by atoms with van der Waals surface area (Å²) in [5, 5.41) is 41.3. The molecule has 0 radical (unpaired) electrons. The van der Waals surface area contributed by atoms with E-state index in [-0.39, 0.29) is 13.0 Å². The molecule has 1 saturated heterocycles. The Hall–Kier alpha value is -0.890. The van der Waals surface area contributed by atoms with E-state index in [9.17, 15) is 20.4 Å². The molecule has 0 aromatic rings. The molecule has 0 saturated carbocycles. The van der Waals surface area contributed by atoms with Gasteiger partial charge in [0.15, 0.2) is 5.79 Å². The molecular formula is C8H15N3O5. The first-order valence-corrected chi connectivity index (χ1v) is 4.82. The van der Waals surface area contributed by atoms with E-state index in [2.05, 4.69) is 10.0 Å². The molecule has 0 aromatic heterocycles. The van der Waals surface area contributed by atoms with Gasteiger partial charge in [-0.2, -0.15) is 0 Å². The third-order valence-corrected chi connectivity index (χ3v) is 2.42. The van der Waals surface area contributed by atoms with Gasteiger partial charge in [-0.05, 0) is 12.5 Å². The Balaban J connectivity index is 2.72. The van der Waals surface area contributed by atoms with Crippen LogP contribution in [0.25, 0.3) is 10.4 Å². The van der Waals surface area contributed by atoms with Crippen molar-refractivity contribution in [2.75, 3.05) is 6.54 Å². The van der Waals surface area contributed by atoms with E-state index in [4.69, 9.17) is 10.3 Å². The number of azide groups is 1. The molecule has 5 atom stereocenters. The third-order valence-electron chi connectivity index (χ3n) is 2.42. The molecule has 8 nitrogen and oxygen atoms in total. The van der Waals surface area contributed by atoms with Crippen molar-refractivity contribution in [1.29, 1.82) is 0 Å². The quantitative estimate of drug-likeness (QED) is 0.277. The second-order valence-electron chi connectivity index (χ2n) is 4.00. The Morgan fingerprint density at radius 3 is 2.81 bits per heavy atom. The van der Waals surface area contributed by atoms with Crippen molar-refractivity contribution in [3.05, 3.63) is 10.4 Å². The first-order chi connectivity index (χ1) is 7.37. The van der Waals surface area contributed by atoms with Crippen LogP contribution in [-0.2, 0) is 4.74 Å². The summed E-state index contributed by atoms with van der Waals surface area (Å²) in [6, 6.07) is 0. The van der Waals surface area contributed by atoms with Gasteiger partial charge in [0.25, 0.3) is 0 Å². The Labute approximate surface area is 91.7 Å². The standard InChI is InChI=1S/C8H15N3O5/c1-8(15)2-4(12)6(14)7(16-8)5(13)3-10-11-9/h4-7,12-15H,2-3H2,1H3/t4-,5+,6+,7+,8-/m0/s1. The summed E-state index contributed by atoms with van der Waals surface area (Å²) in [4.78, 5) is 2.45. The van der Waals surface area contributed by atoms with E-state index < -0.39 is 30.2 Å². The van der Waals surface area contributed by atoms with E-state index in [1.165, 1.54) is 6.92 Å². The molecule has 1 heterocycles. The number of aliphatic hydroxyl groups excluding tert-OH is 3. The molecule has 0 unspecified atom stereocenters. The van der Waals surface area contributed by atoms with Crippen LogP contribution in [0.2, 0.25) is 0 Å². The second kappa shape index (κ2) is 4.96. The molecule has 0 aliphatic carbocycles. The number of hydrogen-bond acceptors (Lipinski definition) is 6. The van der Waals surface area contributed by atoms with Crippen LogP contribution >= 0.6 is 0 Å². The summed E-state index contributed by atoms with van der Waals surface area (Å²) < 4.78 is 5.03. The van der Waals surface area contributed by atoms with Crippen LogP contribution in [0.1, 0.15) is 13.3 Å². The minimum atomic E-state index is -1.62. The molecule has 8 heteroatoms. The highest BCUT2D eigenvalue weighted by Crippen LogP contribution is 2.28. The first-order valence-electron chi connectivity index (χ1n) is 4.82. The molecule has 0 amide bonds. The van der Waals surface area contributed by atoms with Crippen LogP contribution in [0.15, 0.2) is 5.11 Å². The lowest BCUT2D eigenvalue weighted by Crippen LogP contribution is -2.57. The van der Waals surface area contributed by atoms with E-state index in [1.54, 1.807) is 0 Å². The number of nitrogens with zero attached hydrogens (tertiary/aromatic N) is 3. The fourth-order valence-electron chi connectivity index (χ4n) is 1.67. The summed E-state index contributed by atoms with van der Waals surface area (Å²) in [6.07, 6.45) is -5.16. The highest BCUT2D eigenvalue weighted by Gasteiger charge is 2.45. The van der Waals surface area contributed by atoms with Crippen molar-refractivity contribution < 1.29 is 25.2 Å². The van der Waals surface area contributed by atoms with Crippen LogP contribution in [0.3, 0.4) is 0 Å². The van der Waals surface area contributed by atoms with Gasteiger partial charge in [-0.25, -0.2) is 0 Å². The Kier molecular flexibility index (Phi) is 4.09. The molecule has 92 valence electrons. The summed E-state index contributed by atoms with van der Waals surface area (Å²) in [7, 11) is 0. The van der Waals surface area contributed by atoms with Crippen LogP contribution in [0, 0.1) is 0 Å². The van der Waals surface area contributed by atoms with Gasteiger partial charge in [0.1, 0.15) is 12.2 Å². The summed E-state index contributed by atoms with van der Waals surface area (Å²) >= 11 is 0. The maximum absolute atomic E-state index is 9.60. The van der Waals surface area contributed by atoms with Gasteiger partial charge in [0.05, 0.1) is 18.8 Å². The Morgan fingerprint density at radius 1 is 1.62 bits per heavy atom. The number of rotatable bonds is 3. The van der Waals surface area contributed by atoms with Gasteiger partial charge in [0.2, 0.25) is 0 Å². The maximum Gasteiger partial charge on any atom is 0.165 e. The molecule has 1 fully saturated rings. The van der Waals surface area contributed by atoms with Gasteiger partial charge in [0, 0.05) is 11.3 Å². The zero-order valence-electron chi connectivity index (χ0n) is 8.76. The zero-order valence-corrected chi connectivity index (χ0v) is 8.76. The smallest absolute Gasteiger partial charge is 0.165 e. The van der Waals surface area contributed by atoms with E-state index in [0.29, 0.717) is 0 Å². The lowest BCUT2D eigenvalue weighted by Gasteiger charge is -2.42. The fraction of sp³-hybridized carbons (Fsp3) is 1.00. The third kappa shape index (κ3) is 3.05. The molecule has 1 rings (SSSR count). The van der Waals surface area contributed by atoms with Crippen LogP contribution in [0.5, 0.6) is 0 Å². The minimum absolute atomic E-state index is 0.154. The molecule has 4 N–H and O–H groups in total. The normalized spacial score (nSPS) is 41.2. The number of hydrogen-bond donors (Lipinski definition) is 4. The predicted molar refractivity (Wildman–Crippen MR) is 52.1 cm³/mol. The van der Waals surface area contributed by atoms with Crippen molar-refractivity contribution in [1.82, 2.24) is 0 Å². The van der Waals surface area contributed by atoms with Crippen LogP contribution in [-0.4, -0.2) is 57.2 Å². The lowest BCUT2D eigenvalue weighted by molar-refractivity contribution is -0.305. The van der Waals surface area contributed by atoms with Crippen molar-refractivity contribution in [2.45, 2.75) is 43.5 Å². The summed E-state index contributed by atoms with van der Waals surface area (Å²) in [6.45, 7) is 1.01. The Bertz CT molecular complexity index is 291. The van der Waals surface area contributed by atoms with Crippen LogP contribution in [0.4, 0.5) is 0 Å². The summed E-state index contributed by atoms with van der Waals surface area (Å²) in [5.74, 6) is -1.62. The Morgan fingerprint density at radius 2 is 2.25 bits per heavy atom. The average molecular weight is 233 g/mol. The van der Waals surface area contributed by atoms with Crippen molar-refractivity contribution in [3.63, 3.8) is 0 Å². The SMILES string of the molecule is C[C@@]1(O)C[C@H](O)[C@@H](O)[C@@H]([C@H](O)CN=[N+]=[N-])O1. The fourth-order valence-corrected chi connectivity index (χ4v) is 1.67. The largest absolute Gasteiger partial charge is 0.390 e. The van der Waals surface area contributed by atoms with Crippen molar-refractivity contribution in [3.8, 4) is 0 Å². The van der Waals surface area contributed by atoms with Gasteiger partial charge in [-0.3, -0.25) is 0 Å². The molecule has 16 heavy (non-hydrogen) atoms. The highest BCUT2D eigenvalue weighted by molar-refractivity contribution is 4.91. The first kappa shape index (κ1) is 13.2. The van der Waals surface area contributed by atoms with Gasteiger partial charge >= 0.3 is 0 Å². The number of aliphatic hydroxyl groups is 4. The molecule has 1 aliphatic heterocycles. The molecule has 0 aromatic carbocycles. The van der Waals surface area contributed by atoms with Gasteiger partial charge < -0.3 is 25.2 Å². The maximum atomic E-state index is 9.60. The second-order valence-corrected chi connectivity index (χ2v) is 4.00. The van der Waals surface area contributed by atoms with Crippen molar-refractivity contribution >= 4 is 0 Å². The summed E-state index contributed by atoms with van der Waals surface area (Å²) in [5.41, 5.74) is 8.08. The molecule has 1 aliphatic rings. The van der Waals surface area contributed by atoms with Crippen molar-refractivity contribution in [2.24, 2.45) is 5.11 Å². The van der Waals surface area contributed by atoms with E-state index in [0.717, 1.165) is 0 Å². The lowest BCUT2D eigenvalue weighted by atomic mass is 9.93. The zero-order chi connectivity index (χ0) is 12.3. The molecule has 0 bridgehead atoms. The number of ether oxygens (including phenoxy) is 1. The predicted octanol–water partition coefficient (Wildman–Crippen LogP) is -1.12. The average Bonchev–Trinajstić information content (AvgIpc) is 2.19. The molecule has 0 spiro atoms. The van der Waals surface area contributed by atoms with E-state index >= 15 is 0 Å². The topological polar surface area (TPSA) is 139 Å². The van der Waals surface area contributed by atoms with E-state index in [1.807, 2.05) is 0 Å². The van der Waals surface area contributed by atoms with Gasteiger partial charge in [-0.1, -0.05) is 5.11 Å². The minimum Gasteiger partial charge on any atom is -0.390 e. The highest BCUT2D eigenvalue weighted by atomic mass is 16.6. The monoisotopic (exact) mass is 233 g/mol. The van der Waals surface area contributed by atoms with Crippen LogP contribution < -0.4 is 0 Å².